The lowest BCUT2D eigenvalue weighted by atomic mass is 10.0. The smallest absolute Gasteiger partial charge is 0.437 e. The number of hydrogen-bond donors (Lipinski definition) is 1. The number of nitrogens with one attached hydrogen (secondary N) is 1. The van der Waals surface area contributed by atoms with Gasteiger partial charge in [0.1, 0.15) is 5.60 Å². The predicted molar refractivity (Wildman–Crippen MR) is 97.7 cm³/mol. The quantitative estimate of drug-likeness (QED) is 0.729. The van der Waals surface area contributed by atoms with Crippen molar-refractivity contribution in [3.63, 3.8) is 0 Å². The van der Waals surface area contributed by atoms with Crippen LogP contribution in [0.15, 0.2) is 20.9 Å². The van der Waals surface area contributed by atoms with E-state index in [2.05, 4.69) is 26.2 Å². The van der Waals surface area contributed by atoms with E-state index in [9.17, 15) is 13.2 Å². The van der Waals surface area contributed by atoms with Crippen LogP contribution in [0, 0.1) is 0 Å². The van der Waals surface area contributed by atoms with Gasteiger partial charge in [-0.15, -0.1) is 16.3 Å². The number of ether oxygens (including phenoxy) is 1. The highest BCUT2D eigenvalue weighted by Gasteiger charge is 2.44. The van der Waals surface area contributed by atoms with Gasteiger partial charge in [-0.1, -0.05) is 0 Å². The van der Waals surface area contributed by atoms with Crippen molar-refractivity contribution in [3.8, 4) is 0 Å². The fraction of sp³-hybridized carbons (Fsp3) is 0.571. The Balaban J connectivity index is 2.41. The van der Waals surface area contributed by atoms with Crippen LogP contribution in [0.3, 0.4) is 0 Å². The Morgan fingerprint density at radius 3 is 2.62 bits per heavy atom. The number of rotatable bonds is 1. The fourth-order valence-electron chi connectivity index (χ4n) is 2.23. The van der Waals surface area contributed by atoms with E-state index in [-0.39, 0.29) is 11.7 Å². The minimum atomic E-state index is -3.63. The standard InChI is InChI=1S/C14H20BrN3O4S2/c1-13(2,3)22-12(19)16-11-17-14(4,8-24(20,21)18(11)5)10-9(15)6-7-23-10/h6-7H,8H2,1-5H3,(H,16,17,19)/t14-/m0/s1. The summed E-state index contributed by atoms with van der Waals surface area (Å²) >= 11 is 4.86. The molecule has 0 saturated carbocycles. The highest BCUT2D eigenvalue weighted by atomic mass is 79.9. The van der Waals surface area contributed by atoms with Crippen LogP contribution in [0.25, 0.3) is 0 Å². The maximum absolute atomic E-state index is 12.5. The van der Waals surface area contributed by atoms with E-state index in [1.807, 2.05) is 11.4 Å². The molecule has 0 bridgehead atoms. The Morgan fingerprint density at radius 2 is 2.12 bits per heavy atom. The average Bonchev–Trinajstić information content (AvgIpc) is 2.79. The molecule has 1 N–H and O–H groups in total. The second-order valence-corrected chi connectivity index (χ2v) is 10.5. The third kappa shape index (κ3) is 4.09. The number of thiophene rings is 1. The summed E-state index contributed by atoms with van der Waals surface area (Å²) in [5, 5.41) is 4.93. The summed E-state index contributed by atoms with van der Waals surface area (Å²) in [7, 11) is -2.28. The van der Waals surface area contributed by atoms with Gasteiger partial charge in [0.05, 0.1) is 11.3 Å². The van der Waals surface area contributed by atoms with Crippen molar-refractivity contribution in [2.24, 2.45) is 4.99 Å². The van der Waals surface area contributed by atoms with Gasteiger partial charge >= 0.3 is 6.09 Å². The Kier molecular flexibility index (Phi) is 5.04. The lowest BCUT2D eigenvalue weighted by molar-refractivity contribution is 0.0602. The fourth-order valence-corrected chi connectivity index (χ4v) is 5.74. The summed E-state index contributed by atoms with van der Waals surface area (Å²) in [5.41, 5.74) is -1.62. The van der Waals surface area contributed by atoms with Crippen molar-refractivity contribution in [2.75, 3.05) is 12.8 Å². The van der Waals surface area contributed by atoms with E-state index in [0.717, 1.165) is 13.7 Å². The molecule has 1 fully saturated rings. The van der Waals surface area contributed by atoms with E-state index >= 15 is 0 Å². The van der Waals surface area contributed by atoms with E-state index < -0.39 is 27.3 Å². The molecule has 1 aliphatic heterocycles. The predicted octanol–water partition coefficient (Wildman–Crippen LogP) is 2.88. The van der Waals surface area contributed by atoms with Crippen molar-refractivity contribution < 1.29 is 17.9 Å². The van der Waals surface area contributed by atoms with Gasteiger partial charge < -0.3 is 10.1 Å². The number of carbonyl (C=O) groups is 1. The molecule has 1 aromatic rings. The summed E-state index contributed by atoms with van der Waals surface area (Å²) in [4.78, 5) is 16.6. The lowest BCUT2D eigenvalue weighted by Gasteiger charge is -2.40. The molecule has 0 unspecified atom stereocenters. The molecule has 7 nitrogen and oxygen atoms in total. The molecule has 2 heterocycles. The Labute approximate surface area is 154 Å². The monoisotopic (exact) mass is 437 g/mol. The van der Waals surface area contributed by atoms with E-state index in [4.69, 9.17) is 4.74 Å². The average molecular weight is 438 g/mol. The van der Waals surface area contributed by atoms with Gasteiger partial charge in [0.2, 0.25) is 16.0 Å². The zero-order valence-electron chi connectivity index (χ0n) is 14.1. The van der Waals surface area contributed by atoms with Crippen LogP contribution in [0.2, 0.25) is 0 Å². The van der Waals surface area contributed by atoms with Crippen LogP contribution in [0.4, 0.5) is 4.79 Å². The highest BCUT2D eigenvalue weighted by Crippen LogP contribution is 2.36. The van der Waals surface area contributed by atoms with E-state index in [1.165, 1.54) is 18.4 Å². The van der Waals surface area contributed by atoms with Crippen LogP contribution < -0.4 is 5.32 Å². The number of nitrogens with zero attached hydrogens (tertiary/aromatic N) is 2. The van der Waals surface area contributed by atoms with Crippen LogP contribution in [-0.2, 0) is 20.3 Å². The lowest BCUT2D eigenvalue weighted by Crippen LogP contribution is -2.61. The molecule has 1 saturated heterocycles. The van der Waals surface area contributed by atoms with Crippen LogP contribution >= 0.6 is 27.3 Å². The van der Waals surface area contributed by atoms with Gasteiger partial charge in [0.15, 0.2) is 0 Å². The molecule has 1 amide bonds. The maximum atomic E-state index is 12.5. The first kappa shape index (κ1) is 19.2. The Morgan fingerprint density at radius 1 is 1.50 bits per heavy atom. The zero-order valence-corrected chi connectivity index (χ0v) is 17.3. The molecule has 24 heavy (non-hydrogen) atoms. The maximum Gasteiger partial charge on any atom is 0.437 e. The number of aliphatic imine (C=N–C) groups is 1. The largest absolute Gasteiger partial charge is 0.442 e. The number of amides is 1. The molecule has 1 aromatic heterocycles. The molecule has 10 heteroatoms. The zero-order chi connectivity index (χ0) is 18.3. The van der Waals surface area contributed by atoms with Crippen molar-refractivity contribution >= 4 is 49.3 Å². The van der Waals surface area contributed by atoms with Crippen molar-refractivity contribution in [1.82, 2.24) is 9.62 Å². The first-order valence-corrected chi connectivity index (χ1v) is 10.4. The topological polar surface area (TPSA) is 88.1 Å². The third-order valence-corrected chi connectivity index (χ3v) is 7.33. The van der Waals surface area contributed by atoms with Crippen LogP contribution in [-0.4, -0.2) is 43.2 Å². The molecular weight excluding hydrogens is 418 g/mol. The number of carbonyl (C=O) groups excluding carboxylic acids is 1. The molecule has 2 rings (SSSR count). The minimum Gasteiger partial charge on any atom is -0.442 e. The molecule has 0 aliphatic carbocycles. The molecule has 0 aromatic carbocycles. The Bertz CT molecular complexity index is 782. The molecule has 1 atom stereocenters. The summed E-state index contributed by atoms with van der Waals surface area (Å²) in [5.74, 6) is -0.207. The van der Waals surface area contributed by atoms with Crippen LogP contribution in [0.5, 0.6) is 0 Å². The first-order valence-electron chi connectivity index (χ1n) is 7.14. The second-order valence-electron chi connectivity index (χ2n) is 6.69. The number of hydrogen-bond acceptors (Lipinski definition) is 5. The molecule has 0 spiro atoms. The third-order valence-electron chi connectivity index (χ3n) is 3.28. The molecular formula is C14H20BrN3O4S2. The van der Waals surface area contributed by atoms with Gasteiger partial charge in [-0.2, -0.15) is 0 Å². The molecule has 0 radical (unpaired) electrons. The van der Waals surface area contributed by atoms with E-state index in [0.29, 0.717) is 0 Å². The number of sulfonamides is 1. The number of halogens is 1. The van der Waals surface area contributed by atoms with E-state index in [1.54, 1.807) is 27.7 Å². The molecule has 134 valence electrons. The van der Waals surface area contributed by atoms with Gasteiger partial charge in [-0.3, -0.25) is 0 Å². The minimum absolute atomic E-state index is 0.0571. The summed E-state index contributed by atoms with van der Waals surface area (Å²) in [6.45, 7) is 6.91. The summed E-state index contributed by atoms with van der Waals surface area (Å²) in [6, 6.07) is 1.85. The summed E-state index contributed by atoms with van der Waals surface area (Å²) < 4.78 is 32.0. The van der Waals surface area contributed by atoms with Gasteiger partial charge in [-0.05, 0) is 55.1 Å². The van der Waals surface area contributed by atoms with Gasteiger partial charge in [0.25, 0.3) is 0 Å². The number of guanidine groups is 1. The second kappa shape index (κ2) is 6.30. The van der Waals surface area contributed by atoms with Crippen LogP contribution in [0.1, 0.15) is 32.6 Å². The Hall–Kier alpha value is -1.13. The first-order chi connectivity index (χ1) is 10.8. The van der Waals surface area contributed by atoms with Gasteiger partial charge in [0, 0.05) is 16.4 Å². The highest BCUT2D eigenvalue weighted by molar-refractivity contribution is 9.10. The molecule has 1 aliphatic rings. The van der Waals surface area contributed by atoms with Gasteiger partial charge in [-0.25, -0.2) is 17.5 Å². The normalized spacial score (nSPS) is 25.4. The van der Waals surface area contributed by atoms with Crippen molar-refractivity contribution in [3.05, 3.63) is 20.8 Å². The SMILES string of the molecule is CN1/C(=N\C(=O)OC(C)(C)C)N[C@](C)(c2sccc2Br)CS1(=O)=O. The van der Waals surface area contributed by atoms with Crippen molar-refractivity contribution in [2.45, 2.75) is 38.8 Å². The van der Waals surface area contributed by atoms with Crippen molar-refractivity contribution in [1.29, 1.82) is 0 Å². The summed E-state index contributed by atoms with van der Waals surface area (Å²) in [6.07, 6.45) is -0.846.